The van der Waals surface area contributed by atoms with Crippen LogP contribution in [0.1, 0.15) is 62.9 Å². The molecule has 0 aliphatic heterocycles. The number of halogens is 3. The first kappa shape index (κ1) is 30.0. The first-order valence-electron chi connectivity index (χ1n) is 10.3. The first-order chi connectivity index (χ1) is 12.7. The molecule has 0 radical (unpaired) electrons. The third-order valence-corrected chi connectivity index (χ3v) is 13.5. The Morgan fingerprint density at radius 1 is 0.833 bits per heavy atom. The molecule has 1 aliphatic rings. The van der Waals surface area contributed by atoms with Crippen molar-refractivity contribution >= 4 is 19.3 Å². The molecule has 0 fully saturated rings. The quantitative estimate of drug-likeness (QED) is 0.388. The van der Waals surface area contributed by atoms with E-state index in [0.717, 1.165) is 0 Å². The average molecular weight is 516 g/mol. The van der Waals surface area contributed by atoms with Gasteiger partial charge < -0.3 is 37.2 Å². The molecule has 1 aliphatic carbocycles. The predicted octanol–water partition coefficient (Wildman–Crippen LogP) is -2.45. The van der Waals surface area contributed by atoms with E-state index < -0.39 is 8.07 Å². The van der Waals surface area contributed by atoms with Gasteiger partial charge in [-0.2, -0.15) is 0 Å². The standard InChI is InChI=1S/C25H33Si.3ClH.Ti/c1-8-9-14-26(7,24-15-22-12-10-11-13-23(22)16-24)25-20(5)18(3)17(2)19(4)21(25)6;;;;/h10-13,15-16H,8-9,14H2,1-7H3;3*1H;/q;;;;+3/p-3. The zero-order valence-corrected chi connectivity index (χ0v) is 24.0. The van der Waals surface area contributed by atoms with Gasteiger partial charge in [-0.3, -0.25) is 0 Å². The summed E-state index contributed by atoms with van der Waals surface area (Å²) < 4.78 is 0.551. The number of rotatable bonds is 5. The van der Waals surface area contributed by atoms with Crippen LogP contribution in [0.25, 0.3) is 6.08 Å². The Morgan fingerprint density at radius 2 is 1.33 bits per heavy atom. The number of fused-ring (bicyclic) bond motifs is 1. The second kappa shape index (κ2) is 11.7. The van der Waals surface area contributed by atoms with Crippen LogP contribution in [0.15, 0.2) is 29.5 Å². The van der Waals surface area contributed by atoms with Crippen molar-refractivity contribution in [3.05, 3.63) is 68.4 Å². The smallest absolute Gasteiger partial charge is 1.00 e. The van der Waals surface area contributed by atoms with Crippen LogP contribution >= 0.6 is 0 Å². The number of hydrogen-bond donors (Lipinski definition) is 0. The Kier molecular flexibility index (Phi) is 11.7. The summed E-state index contributed by atoms with van der Waals surface area (Å²) in [6.45, 7) is 16.7. The third kappa shape index (κ3) is 4.98. The summed E-state index contributed by atoms with van der Waals surface area (Å²) in [6, 6.07) is 10.4. The van der Waals surface area contributed by atoms with Gasteiger partial charge in [-0.25, -0.2) is 0 Å². The molecular formula is C25H33Cl3SiTi. The molecule has 0 aromatic heterocycles. The molecule has 2 unspecified atom stereocenters. The summed E-state index contributed by atoms with van der Waals surface area (Å²) in [7, 11) is -1.79. The van der Waals surface area contributed by atoms with Crippen LogP contribution in [0.2, 0.25) is 12.6 Å². The molecule has 5 heteroatoms. The van der Waals surface area contributed by atoms with Crippen LogP contribution in [0.4, 0.5) is 0 Å². The Morgan fingerprint density at radius 3 is 1.83 bits per heavy atom. The molecule has 2 atom stereocenters. The minimum absolute atomic E-state index is 0. The van der Waals surface area contributed by atoms with Crippen molar-refractivity contribution in [1.29, 1.82) is 0 Å². The zero-order chi connectivity index (χ0) is 19.9. The zero-order valence-electron chi connectivity index (χ0n) is 19.2. The van der Waals surface area contributed by atoms with Crippen molar-refractivity contribution in [2.75, 3.05) is 0 Å². The molecule has 0 amide bonds. The van der Waals surface area contributed by atoms with Crippen LogP contribution in [0, 0.1) is 34.6 Å². The predicted molar refractivity (Wildman–Crippen MR) is 118 cm³/mol. The van der Waals surface area contributed by atoms with Gasteiger partial charge in [-0.1, -0.05) is 0 Å². The molecule has 0 nitrogen and oxygen atoms in total. The normalized spacial score (nSPS) is 16.4. The van der Waals surface area contributed by atoms with Crippen LogP contribution in [-0.2, 0) is 20.4 Å². The maximum atomic E-state index is 2.65. The van der Waals surface area contributed by atoms with Crippen molar-refractivity contribution in [2.24, 2.45) is 0 Å². The van der Waals surface area contributed by atoms with Gasteiger partial charge in [0.15, 0.2) is 0 Å². The Bertz CT molecular complexity index is 894. The molecule has 0 N–H and O–H groups in total. The fourth-order valence-electron chi connectivity index (χ4n) is 5.07. The van der Waals surface area contributed by atoms with E-state index in [9.17, 15) is 0 Å². The molecule has 0 saturated carbocycles. The van der Waals surface area contributed by atoms with Crippen molar-refractivity contribution < 1.29 is 57.7 Å². The van der Waals surface area contributed by atoms with E-state index in [0.29, 0.717) is 4.22 Å². The molecule has 0 saturated heterocycles. The number of benzene rings is 2. The van der Waals surface area contributed by atoms with Gasteiger partial charge >= 0.3 is 179 Å². The fraction of sp³-hybridized carbons (Fsp3) is 0.440. The average Bonchev–Trinajstić information content (AvgIpc) is 3.01. The largest absolute Gasteiger partial charge is 1.00 e. The first-order valence-corrected chi connectivity index (χ1v) is 13.9. The molecule has 162 valence electrons. The molecule has 2 aromatic carbocycles. The summed E-state index contributed by atoms with van der Waals surface area (Å²) in [5.41, 5.74) is 10.6. The minimum atomic E-state index is -1.79. The number of unbranched alkanes of at least 4 members (excludes halogenated alkanes) is 1. The van der Waals surface area contributed by atoms with Crippen LogP contribution < -0.4 is 42.4 Å². The second-order valence-corrected chi connectivity index (χ2v) is 13.7. The topological polar surface area (TPSA) is 0 Å². The van der Waals surface area contributed by atoms with E-state index in [1.165, 1.54) is 46.7 Å². The molecule has 3 rings (SSSR count). The van der Waals surface area contributed by atoms with E-state index in [1.54, 1.807) is 21.5 Å². The third-order valence-electron chi connectivity index (χ3n) is 7.15. The molecular weight excluding hydrogens is 483 g/mol. The van der Waals surface area contributed by atoms with Crippen molar-refractivity contribution in [1.82, 2.24) is 0 Å². The van der Waals surface area contributed by atoms with Crippen LogP contribution in [0.3, 0.4) is 0 Å². The summed E-state index contributed by atoms with van der Waals surface area (Å²) in [4.78, 5) is 0. The SMILES string of the molecule is CCCC[Si](C)(C1=Cc2ccccc2[CH]1[Ti+3])c1c(C)c(C)c(C)c(C)c1C.[Cl-].[Cl-].[Cl-]. The number of hydrogen-bond acceptors (Lipinski definition) is 0. The maximum Gasteiger partial charge on any atom is -1.00 e. The van der Waals surface area contributed by atoms with Gasteiger partial charge in [0.05, 0.1) is 0 Å². The summed E-state index contributed by atoms with van der Waals surface area (Å²) >= 11 is 2.44. The van der Waals surface area contributed by atoms with Crippen molar-refractivity contribution in [2.45, 2.75) is 71.2 Å². The molecule has 0 bridgehead atoms. The van der Waals surface area contributed by atoms with E-state index >= 15 is 0 Å². The minimum Gasteiger partial charge on any atom is -1.00 e. The summed E-state index contributed by atoms with van der Waals surface area (Å²) in [5, 5.41) is 3.47. The molecule has 0 spiro atoms. The number of allylic oxidation sites excluding steroid dienone is 1. The van der Waals surface area contributed by atoms with Gasteiger partial charge in [0.25, 0.3) is 0 Å². The fourth-order valence-corrected chi connectivity index (χ4v) is 12.3. The van der Waals surface area contributed by atoms with Gasteiger partial charge in [-0.05, 0) is 0 Å². The Hall–Kier alpha value is -0.0188. The van der Waals surface area contributed by atoms with Crippen molar-refractivity contribution in [3.63, 3.8) is 0 Å². The van der Waals surface area contributed by atoms with E-state index in [4.69, 9.17) is 0 Å². The van der Waals surface area contributed by atoms with Gasteiger partial charge in [-0.15, -0.1) is 0 Å². The van der Waals surface area contributed by atoms with Gasteiger partial charge in [0, 0.05) is 0 Å². The Balaban J connectivity index is 0.00000280. The van der Waals surface area contributed by atoms with E-state index in [-0.39, 0.29) is 37.2 Å². The second-order valence-electron chi connectivity index (χ2n) is 8.60. The van der Waals surface area contributed by atoms with Crippen LogP contribution in [-0.4, -0.2) is 8.07 Å². The van der Waals surface area contributed by atoms with Crippen molar-refractivity contribution in [3.8, 4) is 0 Å². The van der Waals surface area contributed by atoms with Gasteiger partial charge in [0.2, 0.25) is 0 Å². The van der Waals surface area contributed by atoms with E-state index in [2.05, 4.69) is 98.9 Å². The summed E-state index contributed by atoms with van der Waals surface area (Å²) in [5.74, 6) is 0. The Labute approximate surface area is 215 Å². The van der Waals surface area contributed by atoms with Gasteiger partial charge in [0.1, 0.15) is 0 Å². The molecule has 0 heterocycles. The van der Waals surface area contributed by atoms with Crippen LogP contribution in [0.5, 0.6) is 0 Å². The molecule has 30 heavy (non-hydrogen) atoms. The summed E-state index contributed by atoms with van der Waals surface area (Å²) in [6.07, 6.45) is 5.17. The monoisotopic (exact) mass is 514 g/mol. The maximum absolute atomic E-state index is 2.65. The van der Waals surface area contributed by atoms with E-state index in [1.807, 2.05) is 0 Å². The molecule has 2 aromatic rings.